The molecular formula is C17H19IO3S. The topological polar surface area (TPSA) is 43.4 Å². The number of hydrogen-bond donors (Lipinski definition) is 0. The standard InChI is InChI=1S/C17H19IO3S/c1-14(2)13-18(16-7-5-4-6-8-16)21-22(19,20)17-11-9-15(3)10-12-17/h4-13H,1-3H3. The SMILES string of the molecule is CC(C)=CI(OS(=O)(=O)c1ccc(C)cc1)c1ccccc1. The minimum atomic E-state index is -3.74. The number of rotatable bonds is 5. The molecule has 0 unspecified atom stereocenters. The quantitative estimate of drug-likeness (QED) is 0.633. The van der Waals surface area contributed by atoms with E-state index in [2.05, 4.69) is 0 Å². The molecule has 0 saturated carbocycles. The van der Waals surface area contributed by atoms with Gasteiger partial charge in [0.15, 0.2) is 0 Å². The average Bonchev–Trinajstić information content (AvgIpc) is 2.47. The van der Waals surface area contributed by atoms with Gasteiger partial charge in [-0.2, -0.15) is 0 Å². The molecule has 0 radical (unpaired) electrons. The molecule has 0 aromatic heterocycles. The van der Waals surface area contributed by atoms with Crippen molar-refractivity contribution in [2.24, 2.45) is 0 Å². The Hall–Kier alpha value is -1.18. The summed E-state index contributed by atoms with van der Waals surface area (Å²) < 4.78 is 33.5. The van der Waals surface area contributed by atoms with Gasteiger partial charge in [-0.15, -0.1) is 0 Å². The Morgan fingerprint density at radius 1 is 1.00 bits per heavy atom. The molecule has 118 valence electrons. The second-order valence-corrected chi connectivity index (χ2v) is 11.1. The zero-order chi connectivity index (χ0) is 16.2. The molecule has 3 nitrogen and oxygen atoms in total. The van der Waals surface area contributed by atoms with Crippen molar-refractivity contribution in [2.75, 3.05) is 0 Å². The van der Waals surface area contributed by atoms with Crippen LogP contribution in [-0.4, -0.2) is 8.42 Å². The molecule has 0 heterocycles. The van der Waals surface area contributed by atoms with Gasteiger partial charge in [-0.05, 0) is 0 Å². The molecule has 0 spiro atoms. The number of allylic oxidation sites excluding steroid dienone is 1. The Morgan fingerprint density at radius 3 is 2.14 bits per heavy atom. The second-order valence-electron chi connectivity index (χ2n) is 5.09. The van der Waals surface area contributed by atoms with Crippen molar-refractivity contribution in [1.29, 1.82) is 0 Å². The van der Waals surface area contributed by atoms with E-state index in [1.54, 1.807) is 24.3 Å². The van der Waals surface area contributed by atoms with Gasteiger partial charge in [0.2, 0.25) is 0 Å². The Balaban J connectivity index is 2.34. The molecule has 0 amide bonds. The summed E-state index contributed by atoms with van der Waals surface area (Å²) in [5, 5.41) is 0. The van der Waals surface area contributed by atoms with Crippen molar-refractivity contribution in [3.63, 3.8) is 0 Å². The molecule has 0 atom stereocenters. The van der Waals surface area contributed by atoms with Crippen molar-refractivity contribution < 1.29 is 10.9 Å². The number of halogens is 1. The number of aryl methyl sites for hydroxylation is 1. The summed E-state index contributed by atoms with van der Waals surface area (Å²) in [5.41, 5.74) is 2.08. The zero-order valence-electron chi connectivity index (χ0n) is 12.8. The first-order valence-corrected chi connectivity index (χ1v) is 11.4. The van der Waals surface area contributed by atoms with Crippen LogP contribution < -0.4 is 0 Å². The van der Waals surface area contributed by atoms with Gasteiger partial charge < -0.3 is 0 Å². The monoisotopic (exact) mass is 430 g/mol. The minimum absolute atomic E-state index is 0.207. The van der Waals surface area contributed by atoms with Crippen LogP contribution in [0.3, 0.4) is 0 Å². The molecule has 2 rings (SSSR count). The van der Waals surface area contributed by atoms with Gasteiger partial charge in [-0.1, -0.05) is 0 Å². The van der Waals surface area contributed by atoms with Crippen molar-refractivity contribution in [2.45, 2.75) is 25.7 Å². The van der Waals surface area contributed by atoms with Gasteiger partial charge >= 0.3 is 140 Å². The Labute approximate surface area is 140 Å². The van der Waals surface area contributed by atoms with Gasteiger partial charge in [0, 0.05) is 0 Å². The second kappa shape index (κ2) is 7.39. The van der Waals surface area contributed by atoms with Gasteiger partial charge in [0.25, 0.3) is 0 Å². The van der Waals surface area contributed by atoms with Crippen LogP contribution in [0.15, 0.2) is 69.1 Å². The molecule has 2 aromatic rings. The maximum atomic E-state index is 12.5. The van der Waals surface area contributed by atoms with E-state index in [1.807, 2.05) is 55.2 Å². The van der Waals surface area contributed by atoms with Crippen molar-refractivity contribution >= 4 is 30.4 Å². The fourth-order valence-corrected chi connectivity index (χ4v) is 8.22. The van der Waals surface area contributed by atoms with Crippen LogP contribution in [0.4, 0.5) is 0 Å². The predicted molar refractivity (Wildman–Crippen MR) is 98.0 cm³/mol. The van der Waals surface area contributed by atoms with Crippen LogP contribution >= 0.6 is 20.2 Å². The molecule has 0 aliphatic heterocycles. The van der Waals surface area contributed by atoms with E-state index in [-0.39, 0.29) is 4.90 Å². The summed E-state index contributed by atoms with van der Waals surface area (Å²) in [5.74, 6) is 0. The molecule has 5 heteroatoms. The summed E-state index contributed by atoms with van der Waals surface area (Å²) >= 11 is -2.41. The van der Waals surface area contributed by atoms with Crippen LogP contribution in [0.2, 0.25) is 0 Å². The molecule has 0 N–H and O–H groups in total. The van der Waals surface area contributed by atoms with Gasteiger partial charge in [0.1, 0.15) is 0 Å². The van der Waals surface area contributed by atoms with Crippen LogP contribution in [0, 0.1) is 10.5 Å². The van der Waals surface area contributed by atoms with E-state index in [1.165, 1.54) is 0 Å². The van der Waals surface area contributed by atoms with E-state index >= 15 is 0 Å². The summed E-state index contributed by atoms with van der Waals surface area (Å²) in [4.78, 5) is 0.207. The normalized spacial score (nSPS) is 11.9. The van der Waals surface area contributed by atoms with E-state index in [0.29, 0.717) is 0 Å². The van der Waals surface area contributed by atoms with Crippen molar-refractivity contribution in [3.8, 4) is 0 Å². The fourth-order valence-electron chi connectivity index (χ4n) is 1.69. The van der Waals surface area contributed by atoms with E-state index in [0.717, 1.165) is 14.7 Å². The molecule has 0 fully saturated rings. The van der Waals surface area contributed by atoms with Gasteiger partial charge in [0.05, 0.1) is 0 Å². The van der Waals surface area contributed by atoms with E-state index < -0.39 is 30.4 Å². The molecule has 0 aliphatic carbocycles. The van der Waals surface area contributed by atoms with Crippen LogP contribution in [0.1, 0.15) is 19.4 Å². The molecule has 2 aromatic carbocycles. The van der Waals surface area contributed by atoms with E-state index in [9.17, 15) is 8.42 Å². The maximum absolute atomic E-state index is 12.5. The molecule has 0 saturated heterocycles. The predicted octanol–water partition coefficient (Wildman–Crippen LogP) is 4.92. The summed E-state index contributed by atoms with van der Waals surface area (Å²) in [6, 6.07) is 16.3. The molecule has 0 bridgehead atoms. The summed E-state index contributed by atoms with van der Waals surface area (Å²) in [6.45, 7) is 5.83. The van der Waals surface area contributed by atoms with Crippen molar-refractivity contribution in [1.82, 2.24) is 0 Å². The third kappa shape index (κ3) is 4.66. The number of hydrogen-bond acceptors (Lipinski definition) is 3. The Bertz CT molecular complexity index is 746. The first-order valence-electron chi connectivity index (χ1n) is 6.79. The Morgan fingerprint density at radius 2 is 1.59 bits per heavy atom. The van der Waals surface area contributed by atoms with Crippen LogP contribution in [0.25, 0.3) is 0 Å². The Kier molecular flexibility index (Phi) is 5.77. The molecular weight excluding hydrogens is 411 g/mol. The first kappa shape index (κ1) is 17.2. The fraction of sp³-hybridized carbons (Fsp3) is 0.176. The van der Waals surface area contributed by atoms with Gasteiger partial charge in [-0.3, -0.25) is 0 Å². The van der Waals surface area contributed by atoms with E-state index in [4.69, 9.17) is 2.51 Å². The summed E-state index contributed by atoms with van der Waals surface area (Å²) in [7, 11) is -3.74. The van der Waals surface area contributed by atoms with Crippen molar-refractivity contribution in [3.05, 3.63) is 73.4 Å². The summed E-state index contributed by atoms with van der Waals surface area (Å²) in [6.07, 6.45) is 0. The van der Waals surface area contributed by atoms with Crippen LogP contribution in [0.5, 0.6) is 0 Å². The molecule has 22 heavy (non-hydrogen) atoms. The zero-order valence-corrected chi connectivity index (χ0v) is 15.8. The third-order valence-corrected chi connectivity index (χ3v) is 10.2. The molecule has 0 aliphatic rings. The van der Waals surface area contributed by atoms with Crippen LogP contribution in [-0.2, 0) is 12.6 Å². The first-order chi connectivity index (χ1) is 10.4. The third-order valence-electron chi connectivity index (χ3n) is 2.73. The average molecular weight is 430 g/mol. The van der Waals surface area contributed by atoms with Gasteiger partial charge in [-0.25, -0.2) is 0 Å². The number of benzene rings is 2.